The first kappa shape index (κ1) is 19.1. The molecule has 0 unspecified atom stereocenters. The Hall–Kier alpha value is -1.24. The first-order chi connectivity index (χ1) is 11.5. The zero-order valence-electron chi connectivity index (χ0n) is 14.4. The van der Waals surface area contributed by atoms with Crippen LogP contribution in [0.2, 0.25) is 0 Å². The van der Waals surface area contributed by atoms with Gasteiger partial charge < -0.3 is 14.2 Å². The van der Waals surface area contributed by atoms with Crippen LogP contribution in [0.3, 0.4) is 0 Å². The van der Waals surface area contributed by atoms with E-state index in [0.29, 0.717) is 11.5 Å². The molecule has 0 atom stereocenters. The molecule has 0 spiro atoms. The fourth-order valence-corrected chi connectivity index (χ4v) is 3.74. The van der Waals surface area contributed by atoms with Crippen molar-refractivity contribution in [2.45, 2.75) is 51.0 Å². The van der Waals surface area contributed by atoms with E-state index in [1.165, 1.54) is 6.42 Å². The summed E-state index contributed by atoms with van der Waals surface area (Å²) in [6.45, 7) is 6.07. The van der Waals surface area contributed by atoms with Crippen LogP contribution < -0.4 is 9.47 Å². The first-order valence-electron chi connectivity index (χ1n) is 8.32. The van der Waals surface area contributed by atoms with Gasteiger partial charge in [0.2, 0.25) is 0 Å². The number of carbonyl (C=O) groups excluding carboxylic acids is 1. The highest BCUT2D eigenvalue weighted by Gasteiger charge is 2.30. The molecule has 4 nitrogen and oxygen atoms in total. The van der Waals surface area contributed by atoms with Crippen LogP contribution in [-0.4, -0.2) is 25.3 Å². The van der Waals surface area contributed by atoms with Gasteiger partial charge in [-0.3, -0.25) is 4.79 Å². The molecule has 5 heteroatoms. The maximum atomic E-state index is 12.1. The first-order valence-corrected chi connectivity index (χ1v) is 9.40. The third-order valence-electron chi connectivity index (χ3n) is 4.31. The zero-order valence-corrected chi connectivity index (χ0v) is 16.6. The molecule has 0 aliphatic heterocycles. The Morgan fingerprint density at radius 1 is 1.33 bits per heavy atom. The van der Waals surface area contributed by atoms with Crippen LogP contribution in [0.25, 0.3) is 6.08 Å². The van der Waals surface area contributed by atoms with Crippen molar-refractivity contribution in [3.63, 3.8) is 0 Å². The summed E-state index contributed by atoms with van der Waals surface area (Å²) in [4.78, 5) is 12.1. The Bertz CT molecular complexity index is 591. The van der Waals surface area contributed by atoms with E-state index >= 15 is 0 Å². The molecule has 0 aromatic heterocycles. The Balaban J connectivity index is 1.89. The number of carbonyl (C=O) groups is 1. The standard InChI is InChI=1S/C19H25IO4/c1-4-14-12-15(20)18(16(13-14)22-3)23-11-8-17(21)24-19(2)9-6-5-7-10-19/h4,12-13H,1,5-11H2,2-3H3. The van der Waals surface area contributed by atoms with E-state index in [1.807, 2.05) is 19.1 Å². The average molecular weight is 444 g/mol. The molecule has 1 saturated carbocycles. The lowest BCUT2D eigenvalue weighted by Gasteiger charge is -2.33. The second kappa shape index (κ2) is 8.74. The molecular weight excluding hydrogens is 419 g/mol. The molecule has 1 fully saturated rings. The highest BCUT2D eigenvalue weighted by Crippen LogP contribution is 2.35. The normalized spacial score (nSPS) is 16.3. The van der Waals surface area contributed by atoms with Gasteiger partial charge in [0.05, 0.1) is 23.7 Å². The molecule has 1 aromatic carbocycles. The molecule has 0 amide bonds. The van der Waals surface area contributed by atoms with Crippen molar-refractivity contribution in [3.05, 3.63) is 27.8 Å². The van der Waals surface area contributed by atoms with Gasteiger partial charge in [0.15, 0.2) is 11.5 Å². The van der Waals surface area contributed by atoms with Gasteiger partial charge in [0.25, 0.3) is 0 Å². The van der Waals surface area contributed by atoms with Crippen LogP contribution in [0.5, 0.6) is 11.5 Å². The largest absolute Gasteiger partial charge is 0.493 e. The number of benzene rings is 1. The van der Waals surface area contributed by atoms with E-state index in [2.05, 4.69) is 29.2 Å². The summed E-state index contributed by atoms with van der Waals surface area (Å²) in [5.74, 6) is 1.10. The number of rotatable bonds is 7. The fraction of sp³-hybridized carbons (Fsp3) is 0.526. The van der Waals surface area contributed by atoms with Crippen LogP contribution in [-0.2, 0) is 9.53 Å². The number of esters is 1. The number of ether oxygens (including phenoxy) is 3. The molecule has 0 saturated heterocycles. The van der Waals surface area contributed by atoms with Crippen molar-refractivity contribution in [1.29, 1.82) is 0 Å². The molecule has 1 aliphatic carbocycles. The van der Waals surface area contributed by atoms with Gasteiger partial charge in [-0.05, 0) is 72.9 Å². The van der Waals surface area contributed by atoms with Crippen LogP contribution in [0.4, 0.5) is 0 Å². The summed E-state index contributed by atoms with van der Waals surface area (Å²) in [6, 6.07) is 3.83. The minimum absolute atomic E-state index is 0.198. The third-order valence-corrected chi connectivity index (χ3v) is 5.11. The summed E-state index contributed by atoms with van der Waals surface area (Å²) < 4.78 is 17.8. The fourth-order valence-electron chi connectivity index (χ4n) is 2.96. The molecule has 0 N–H and O–H groups in total. The van der Waals surface area contributed by atoms with Gasteiger partial charge in [0, 0.05) is 0 Å². The van der Waals surface area contributed by atoms with Gasteiger partial charge in [-0.1, -0.05) is 19.1 Å². The van der Waals surface area contributed by atoms with Gasteiger partial charge in [0.1, 0.15) is 5.60 Å². The van der Waals surface area contributed by atoms with E-state index in [-0.39, 0.29) is 24.6 Å². The Morgan fingerprint density at radius 3 is 2.67 bits per heavy atom. The SMILES string of the molecule is C=Cc1cc(I)c(OCCC(=O)OC2(C)CCCCC2)c(OC)c1. The third kappa shape index (κ3) is 5.13. The van der Waals surface area contributed by atoms with E-state index in [1.54, 1.807) is 13.2 Å². The molecule has 24 heavy (non-hydrogen) atoms. The van der Waals surface area contributed by atoms with E-state index in [4.69, 9.17) is 14.2 Å². The van der Waals surface area contributed by atoms with Crippen molar-refractivity contribution in [1.82, 2.24) is 0 Å². The maximum absolute atomic E-state index is 12.1. The van der Waals surface area contributed by atoms with Crippen molar-refractivity contribution in [2.75, 3.05) is 13.7 Å². The second-order valence-corrected chi connectivity index (χ2v) is 7.48. The Kier molecular flexibility index (Phi) is 6.95. The summed E-state index contributed by atoms with van der Waals surface area (Å²) in [5, 5.41) is 0. The second-order valence-electron chi connectivity index (χ2n) is 6.32. The van der Waals surface area contributed by atoms with E-state index in [9.17, 15) is 4.79 Å². The Labute approximate surface area is 157 Å². The predicted molar refractivity (Wildman–Crippen MR) is 103 cm³/mol. The lowest BCUT2D eigenvalue weighted by atomic mass is 9.86. The van der Waals surface area contributed by atoms with Gasteiger partial charge >= 0.3 is 5.97 Å². The van der Waals surface area contributed by atoms with Crippen LogP contribution in [0.1, 0.15) is 51.0 Å². The lowest BCUT2D eigenvalue weighted by molar-refractivity contribution is -0.161. The predicted octanol–water partition coefficient (Wildman–Crippen LogP) is 4.98. The molecule has 1 aliphatic rings. The van der Waals surface area contributed by atoms with Gasteiger partial charge in [-0.15, -0.1) is 0 Å². The average Bonchev–Trinajstić information content (AvgIpc) is 2.56. The van der Waals surface area contributed by atoms with Crippen molar-refractivity contribution in [3.8, 4) is 11.5 Å². The monoisotopic (exact) mass is 444 g/mol. The van der Waals surface area contributed by atoms with Gasteiger partial charge in [-0.25, -0.2) is 0 Å². The minimum atomic E-state index is -0.299. The lowest BCUT2D eigenvalue weighted by Crippen LogP contribution is -2.34. The molecule has 0 bridgehead atoms. The van der Waals surface area contributed by atoms with Crippen molar-refractivity contribution in [2.24, 2.45) is 0 Å². The Morgan fingerprint density at radius 2 is 2.04 bits per heavy atom. The quantitative estimate of drug-likeness (QED) is 0.440. The van der Waals surface area contributed by atoms with Crippen LogP contribution in [0.15, 0.2) is 18.7 Å². The summed E-state index contributed by atoms with van der Waals surface area (Å²) in [6.07, 6.45) is 7.39. The molecule has 132 valence electrons. The van der Waals surface area contributed by atoms with E-state index < -0.39 is 0 Å². The number of hydrogen-bond acceptors (Lipinski definition) is 4. The molecule has 1 aromatic rings. The van der Waals surface area contributed by atoms with Gasteiger partial charge in [-0.2, -0.15) is 0 Å². The van der Waals surface area contributed by atoms with Crippen LogP contribution >= 0.6 is 22.6 Å². The maximum Gasteiger partial charge on any atom is 0.309 e. The molecule has 2 rings (SSSR count). The molecule has 0 radical (unpaired) electrons. The zero-order chi connectivity index (χ0) is 17.6. The number of hydrogen-bond donors (Lipinski definition) is 0. The van der Waals surface area contributed by atoms with Crippen molar-refractivity contribution >= 4 is 34.6 Å². The molecular formula is C19H25IO4. The van der Waals surface area contributed by atoms with E-state index in [0.717, 1.165) is 34.8 Å². The highest BCUT2D eigenvalue weighted by molar-refractivity contribution is 14.1. The highest BCUT2D eigenvalue weighted by atomic mass is 127. The molecule has 0 heterocycles. The summed E-state index contributed by atoms with van der Waals surface area (Å²) in [7, 11) is 1.60. The smallest absolute Gasteiger partial charge is 0.309 e. The summed E-state index contributed by atoms with van der Waals surface area (Å²) in [5.41, 5.74) is 0.667. The minimum Gasteiger partial charge on any atom is -0.493 e. The topological polar surface area (TPSA) is 44.8 Å². The number of methoxy groups -OCH3 is 1. The van der Waals surface area contributed by atoms with Crippen molar-refractivity contribution < 1.29 is 19.0 Å². The van der Waals surface area contributed by atoms with Crippen LogP contribution in [0, 0.1) is 3.57 Å². The summed E-state index contributed by atoms with van der Waals surface area (Å²) >= 11 is 2.19. The number of halogens is 1.